The van der Waals surface area contributed by atoms with Gasteiger partial charge in [0.1, 0.15) is 11.4 Å². The summed E-state index contributed by atoms with van der Waals surface area (Å²) in [6.07, 6.45) is 1.57. The summed E-state index contributed by atoms with van der Waals surface area (Å²) in [5.74, 6) is 1.18. The Balaban J connectivity index is 2.16. The highest BCUT2D eigenvalue weighted by Gasteiger charge is 2.53. The van der Waals surface area contributed by atoms with E-state index in [0.29, 0.717) is 0 Å². The summed E-state index contributed by atoms with van der Waals surface area (Å²) in [6, 6.07) is 6.21. The van der Waals surface area contributed by atoms with E-state index >= 15 is 0 Å². The molecule has 15 heavy (non-hydrogen) atoms. The van der Waals surface area contributed by atoms with Crippen molar-refractivity contribution in [1.82, 2.24) is 0 Å². The highest BCUT2D eigenvalue weighted by atomic mass is 16.5. The van der Waals surface area contributed by atoms with Crippen LogP contribution in [0.5, 0.6) is 5.75 Å². The zero-order valence-corrected chi connectivity index (χ0v) is 9.16. The van der Waals surface area contributed by atoms with Crippen LogP contribution in [-0.4, -0.2) is 16.8 Å². The highest BCUT2D eigenvalue weighted by Crippen LogP contribution is 2.54. The summed E-state index contributed by atoms with van der Waals surface area (Å²) < 4.78 is 6.06. The van der Waals surface area contributed by atoms with Crippen molar-refractivity contribution in [3.8, 4) is 5.75 Å². The van der Waals surface area contributed by atoms with Gasteiger partial charge in [0.05, 0.1) is 12.0 Å². The van der Waals surface area contributed by atoms with Crippen LogP contribution in [0.25, 0.3) is 0 Å². The van der Waals surface area contributed by atoms with E-state index in [1.165, 1.54) is 11.1 Å². The molecule has 0 amide bonds. The molecular formula is C13H16O2. The topological polar surface area (TPSA) is 29.5 Å². The number of benzene rings is 1. The predicted molar refractivity (Wildman–Crippen MR) is 58.2 cm³/mol. The van der Waals surface area contributed by atoms with Gasteiger partial charge in [0.25, 0.3) is 0 Å². The number of rotatable bonds is 0. The minimum atomic E-state index is -0.238. The van der Waals surface area contributed by atoms with Gasteiger partial charge in [-0.3, -0.25) is 0 Å². The first-order valence-electron chi connectivity index (χ1n) is 5.58. The van der Waals surface area contributed by atoms with Crippen molar-refractivity contribution >= 4 is 0 Å². The van der Waals surface area contributed by atoms with Gasteiger partial charge < -0.3 is 9.84 Å². The summed E-state index contributed by atoms with van der Waals surface area (Å²) in [6.45, 7) is 4.18. The summed E-state index contributed by atoms with van der Waals surface area (Å²) in [4.78, 5) is 0. The highest BCUT2D eigenvalue weighted by molar-refractivity contribution is 5.49. The Morgan fingerprint density at radius 3 is 3.07 bits per heavy atom. The van der Waals surface area contributed by atoms with Gasteiger partial charge in [-0.15, -0.1) is 0 Å². The molecule has 1 aliphatic heterocycles. The number of ether oxygens (including phenoxy) is 1. The molecule has 1 heterocycles. The smallest absolute Gasteiger partial charge is 0.126 e. The second-order valence-electron chi connectivity index (χ2n) is 4.99. The number of aliphatic hydroxyl groups is 1. The second kappa shape index (κ2) is 2.76. The lowest BCUT2D eigenvalue weighted by Gasteiger charge is -2.24. The van der Waals surface area contributed by atoms with E-state index in [4.69, 9.17) is 4.74 Å². The minimum absolute atomic E-state index is 0.173. The molecule has 0 aromatic heterocycles. The average molecular weight is 204 g/mol. The normalized spacial score (nSPS) is 37.3. The molecule has 1 aliphatic carbocycles. The molecule has 3 rings (SSSR count). The molecule has 1 fully saturated rings. The Labute approximate surface area is 89.9 Å². The number of aryl methyl sites for hydroxylation is 1. The Hall–Kier alpha value is -1.02. The van der Waals surface area contributed by atoms with Gasteiger partial charge in [-0.1, -0.05) is 18.2 Å². The van der Waals surface area contributed by atoms with Crippen molar-refractivity contribution < 1.29 is 9.84 Å². The van der Waals surface area contributed by atoms with E-state index < -0.39 is 0 Å². The van der Waals surface area contributed by atoms with Crippen molar-refractivity contribution in [2.75, 3.05) is 0 Å². The van der Waals surface area contributed by atoms with E-state index in [9.17, 15) is 5.11 Å². The van der Waals surface area contributed by atoms with Crippen LogP contribution in [0, 0.1) is 6.92 Å². The first-order chi connectivity index (χ1) is 7.12. The summed E-state index contributed by atoms with van der Waals surface area (Å²) >= 11 is 0. The van der Waals surface area contributed by atoms with Crippen LogP contribution >= 0.6 is 0 Å². The molecule has 2 aliphatic rings. The largest absolute Gasteiger partial charge is 0.486 e. The van der Waals surface area contributed by atoms with Crippen LogP contribution in [0.1, 0.15) is 36.8 Å². The summed E-state index contributed by atoms with van der Waals surface area (Å²) in [7, 11) is 0. The zero-order chi connectivity index (χ0) is 10.6. The number of hydrogen-bond acceptors (Lipinski definition) is 2. The van der Waals surface area contributed by atoms with Gasteiger partial charge >= 0.3 is 0 Å². The van der Waals surface area contributed by atoms with Gasteiger partial charge in [-0.2, -0.15) is 0 Å². The van der Waals surface area contributed by atoms with Crippen molar-refractivity contribution in [1.29, 1.82) is 0 Å². The Kier molecular flexibility index (Phi) is 1.70. The van der Waals surface area contributed by atoms with E-state index in [-0.39, 0.29) is 17.6 Å². The molecule has 1 aromatic rings. The average Bonchev–Trinajstić information content (AvgIpc) is 2.63. The Bertz CT molecular complexity index is 413. The maximum absolute atomic E-state index is 10.0. The molecule has 80 valence electrons. The lowest BCUT2D eigenvalue weighted by atomic mass is 9.87. The fourth-order valence-corrected chi connectivity index (χ4v) is 3.11. The monoisotopic (exact) mass is 204 g/mol. The van der Waals surface area contributed by atoms with Crippen LogP contribution in [-0.2, 0) is 0 Å². The van der Waals surface area contributed by atoms with Crippen molar-refractivity contribution in [2.24, 2.45) is 0 Å². The molecule has 0 bridgehead atoms. The van der Waals surface area contributed by atoms with Crippen LogP contribution in [0.3, 0.4) is 0 Å². The molecule has 0 radical (unpaired) electrons. The van der Waals surface area contributed by atoms with Gasteiger partial charge in [-0.25, -0.2) is 0 Å². The van der Waals surface area contributed by atoms with E-state index in [0.717, 1.165) is 18.6 Å². The van der Waals surface area contributed by atoms with Gasteiger partial charge in [-0.05, 0) is 32.3 Å². The summed E-state index contributed by atoms with van der Waals surface area (Å²) in [5, 5.41) is 10.0. The quantitative estimate of drug-likeness (QED) is 0.703. The molecule has 0 spiro atoms. The second-order valence-corrected chi connectivity index (χ2v) is 4.99. The number of aliphatic hydroxyl groups excluding tert-OH is 1. The lowest BCUT2D eigenvalue weighted by Crippen LogP contribution is -2.32. The van der Waals surface area contributed by atoms with Crippen molar-refractivity contribution in [3.63, 3.8) is 0 Å². The third-order valence-corrected chi connectivity index (χ3v) is 3.89. The first-order valence-corrected chi connectivity index (χ1v) is 5.58. The molecule has 1 N–H and O–H groups in total. The van der Waals surface area contributed by atoms with Crippen molar-refractivity contribution in [3.05, 3.63) is 29.3 Å². The molecule has 2 nitrogen and oxygen atoms in total. The maximum atomic E-state index is 10.0. The third kappa shape index (κ3) is 1.08. The van der Waals surface area contributed by atoms with Gasteiger partial charge in [0.2, 0.25) is 0 Å². The third-order valence-electron chi connectivity index (χ3n) is 3.89. The fourth-order valence-electron chi connectivity index (χ4n) is 3.11. The first kappa shape index (κ1) is 9.22. The number of para-hydroxylation sites is 1. The molecule has 2 heteroatoms. The van der Waals surface area contributed by atoms with Crippen LogP contribution in [0.15, 0.2) is 18.2 Å². The lowest BCUT2D eigenvalue weighted by molar-refractivity contribution is 0.0779. The Morgan fingerprint density at radius 2 is 2.27 bits per heavy atom. The van der Waals surface area contributed by atoms with Crippen molar-refractivity contribution in [2.45, 2.75) is 44.3 Å². The standard InChI is InChI=1S/C13H16O2/c1-8-4-3-5-9-11-10(14)6-7-13(11,2)15-12(8)9/h3-5,10-11,14H,6-7H2,1-2H3/t10-,11?,13?/m0/s1. The molecule has 3 atom stereocenters. The molecule has 0 saturated heterocycles. The van der Waals surface area contributed by atoms with Crippen LogP contribution in [0.2, 0.25) is 0 Å². The number of fused-ring (bicyclic) bond motifs is 3. The molecular weight excluding hydrogens is 188 g/mol. The Morgan fingerprint density at radius 1 is 1.47 bits per heavy atom. The van der Waals surface area contributed by atoms with E-state index in [2.05, 4.69) is 26.0 Å². The SMILES string of the molecule is Cc1cccc2c1OC1(C)CC[C@H](O)C21. The van der Waals surface area contributed by atoms with E-state index in [1.807, 2.05) is 6.07 Å². The maximum Gasteiger partial charge on any atom is 0.126 e. The zero-order valence-electron chi connectivity index (χ0n) is 9.16. The van der Waals surface area contributed by atoms with Crippen LogP contribution in [0.4, 0.5) is 0 Å². The molecule has 1 aromatic carbocycles. The van der Waals surface area contributed by atoms with Gasteiger partial charge in [0.15, 0.2) is 0 Å². The fraction of sp³-hybridized carbons (Fsp3) is 0.538. The minimum Gasteiger partial charge on any atom is -0.486 e. The van der Waals surface area contributed by atoms with Gasteiger partial charge in [0, 0.05) is 5.56 Å². The predicted octanol–water partition coefficient (Wildman–Crippen LogP) is 2.38. The summed E-state index contributed by atoms with van der Waals surface area (Å²) in [5.41, 5.74) is 2.20. The van der Waals surface area contributed by atoms with Crippen LogP contribution < -0.4 is 4.74 Å². The van der Waals surface area contributed by atoms with E-state index in [1.54, 1.807) is 0 Å². The molecule has 1 saturated carbocycles. The number of hydrogen-bond donors (Lipinski definition) is 1. The molecule has 2 unspecified atom stereocenters.